The van der Waals surface area contributed by atoms with E-state index in [2.05, 4.69) is 16.5 Å². The molecular weight excluding hydrogens is 440 g/mol. The van der Waals surface area contributed by atoms with Gasteiger partial charge in [0.1, 0.15) is 11.8 Å². The number of carbonyl (C=O) groups excluding carboxylic acids is 2. The molecule has 2 fully saturated rings. The minimum absolute atomic E-state index is 0.0310. The van der Waals surface area contributed by atoms with Crippen molar-refractivity contribution in [2.24, 2.45) is 11.8 Å². The third-order valence-corrected chi connectivity index (χ3v) is 8.68. The molecule has 0 saturated heterocycles. The predicted octanol–water partition coefficient (Wildman–Crippen LogP) is 2.46. The second kappa shape index (κ2) is 8.09. The molecule has 0 spiro atoms. The number of hydrogen-bond acceptors (Lipinski definition) is 6. The highest BCUT2D eigenvalue weighted by molar-refractivity contribution is 7.92. The van der Waals surface area contributed by atoms with E-state index in [-0.39, 0.29) is 35.1 Å². The summed E-state index contributed by atoms with van der Waals surface area (Å²) >= 11 is 6.33. The lowest BCUT2D eigenvalue weighted by Crippen LogP contribution is -2.44. The molecule has 10 heteroatoms. The van der Waals surface area contributed by atoms with Gasteiger partial charge < -0.3 is 10.1 Å². The molecule has 2 aliphatic rings. The second-order valence-corrected chi connectivity index (χ2v) is 10.8. The van der Waals surface area contributed by atoms with Crippen LogP contribution in [0.3, 0.4) is 0 Å². The van der Waals surface area contributed by atoms with Gasteiger partial charge in [0, 0.05) is 24.2 Å². The molecule has 2 aromatic rings. The van der Waals surface area contributed by atoms with Gasteiger partial charge in [-0.05, 0) is 56.4 Å². The Balaban J connectivity index is 1.58. The molecule has 2 saturated carbocycles. The van der Waals surface area contributed by atoms with Crippen molar-refractivity contribution in [2.75, 3.05) is 0 Å². The highest BCUT2D eigenvalue weighted by Gasteiger charge is 2.47. The van der Waals surface area contributed by atoms with Crippen LogP contribution in [0.2, 0.25) is 5.02 Å². The summed E-state index contributed by atoms with van der Waals surface area (Å²) in [5.41, 5.74) is -0.225. The number of aromatic nitrogens is 2. The molecule has 31 heavy (non-hydrogen) atoms. The van der Waals surface area contributed by atoms with Gasteiger partial charge in [0.05, 0.1) is 26.9 Å². The van der Waals surface area contributed by atoms with Crippen molar-refractivity contribution in [1.29, 1.82) is 5.26 Å². The van der Waals surface area contributed by atoms with Gasteiger partial charge in [-0.3, -0.25) is 4.79 Å². The fraction of sp³-hybridized carbons (Fsp3) is 0.429. The molecule has 162 valence electrons. The summed E-state index contributed by atoms with van der Waals surface area (Å²) in [7, 11) is -3.89. The number of amides is 1. The minimum atomic E-state index is -3.89. The highest BCUT2D eigenvalue weighted by atomic mass is 35.5. The van der Waals surface area contributed by atoms with Gasteiger partial charge in [0.2, 0.25) is 5.91 Å². The van der Waals surface area contributed by atoms with E-state index in [1.54, 1.807) is 29.2 Å². The molecule has 8 nitrogen and oxygen atoms in total. The van der Waals surface area contributed by atoms with E-state index in [9.17, 15) is 23.3 Å². The Kier molecular flexibility index (Phi) is 5.62. The van der Waals surface area contributed by atoms with Gasteiger partial charge in [-0.1, -0.05) is 11.6 Å². The monoisotopic (exact) mass is 460 g/mol. The van der Waals surface area contributed by atoms with Crippen LogP contribution >= 0.6 is 11.6 Å². The largest absolute Gasteiger partial charge is 0.338 e. The number of halogens is 1. The average Bonchev–Trinajstić information content (AvgIpc) is 3.32. The van der Waals surface area contributed by atoms with Crippen LogP contribution in [0.1, 0.15) is 32.1 Å². The van der Waals surface area contributed by atoms with Crippen LogP contribution in [0.25, 0.3) is 5.69 Å². The van der Waals surface area contributed by atoms with Crippen molar-refractivity contribution in [3.05, 3.63) is 41.7 Å². The molecule has 0 bridgehead atoms. The quantitative estimate of drug-likeness (QED) is 0.660. The maximum absolute atomic E-state index is 13.4. The number of rotatable bonds is 6. The SMILES string of the molecule is N#CC1(NC(=O)C2CC(C=O)CC(S(=O)(=O)c3ccc(-n4cccn4)cc3Cl)C2)CC1. The first-order valence-corrected chi connectivity index (χ1v) is 11.9. The van der Waals surface area contributed by atoms with Gasteiger partial charge in [-0.25, -0.2) is 13.1 Å². The van der Waals surface area contributed by atoms with Gasteiger partial charge in [0.25, 0.3) is 0 Å². The molecule has 3 atom stereocenters. The summed E-state index contributed by atoms with van der Waals surface area (Å²) in [6, 6.07) is 8.40. The summed E-state index contributed by atoms with van der Waals surface area (Å²) in [6.07, 6.45) is 5.68. The average molecular weight is 461 g/mol. The second-order valence-electron chi connectivity index (χ2n) is 8.22. The Labute approximate surface area is 185 Å². The summed E-state index contributed by atoms with van der Waals surface area (Å²) in [6.45, 7) is 0. The molecule has 1 heterocycles. The number of carbonyl (C=O) groups is 2. The van der Waals surface area contributed by atoms with Gasteiger partial charge in [-0.2, -0.15) is 10.4 Å². The van der Waals surface area contributed by atoms with Gasteiger partial charge >= 0.3 is 0 Å². The fourth-order valence-electron chi connectivity index (χ4n) is 4.08. The number of nitrogens with one attached hydrogen (secondary N) is 1. The number of hydrogen-bond donors (Lipinski definition) is 1. The standard InChI is InChI=1S/C21H21ClN4O4S/c22-18-11-16(26-7-1-6-24-26)2-3-19(18)31(29,30)17-9-14(12-27)8-15(10-17)20(28)25-21(13-23)4-5-21/h1-3,6-7,11-12,14-15,17H,4-5,8-10H2,(H,25,28). The Morgan fingerprint density at radius 1 is 1.32 bits per heavy atom. The van der Waals surface area contributed by atoms with Crippen molar-refractivity contribution in [3.63, 3.8) is 0 Å². The van der Waals surface area contributed by atoms with E-state index < -0.39 is 32.5 Å². The van der Waals surface area contributed by atoms with Crippen molar-refractivity contribution in [1.82, 2.24) is 15.1 Å². The lowest BCUT2D eigenvalue weighted by molar-refractivity contribution is -0.127. The summed E-state index contributed by atoms with van der Waals surface area (Å²) in [5, 5.41) is 15.2. The third-order valence-electron chi connectivity index (χ3n) is 6.02. The van der Waals surface area contributed by atoms with Crippen molar-refractivity contribution in [2.45, 2.75) is 47.8 Å². The van der Waals surface area contributed by atoms with Crippen LogP contribution < -0.4 is 5.32 Å². The van der Waals surface area contributed by atoms with Crippen LogP contribution in [-0.2, 0) is 19.4 Å². The normalized spacial score (nSPS) is 24.7. The Bertz CT molecular complexity index is 1150. The Morgan fingerprint density at radius 3 is 2.68 bits per heavy atom. The van der Waals surface area contributed by atoms with Crippen LogP contribution in [0, 0.1) is 23.2 Å². The molecule has 1 aromatic heterocycles. The molecule has 3 unspecified atom stereocenters. The lowest BCUT2D eigenvalue weighted by atomic mass is 9.81. The van der Waals surface area contributed by atoms with Crippen LogP contribution in [-0.4, -0.2) is 41.2 Å². The first kappa shape index (κ1) is 21.5. The van der Waals surface area contributed by atoms with E-state index >= 15 is 0 Å². The molecule has 1 aromatic carbocycles. The van der Waals surface area contributed by atoms with Gasteiger partial charge in [0.15, 0.2) is 9.84 Å². The lowest BCUT2D eigenvalue weighted by Gasteiger charge is -2.32. The molecule has 1 N–H and O–H groups in total. The summed E-state index contributed by atoms with van der Waals surface area (Å²) in [4.78, 5) is 24.2. The Morgan fingerprint density at radius 2 is 2.10 bits per heavy atom. The first-order valence-electron chi connectivity index (χ1n) is 10.00. The number of nitrogens with zero attached hydrogens (tertiary/aromatic N) is 3. The zero-order valence-electron chi connectivity index (χ0n) is 16.6. The molecule has 2 aliphatic carbocycles. The highest BCUT2D eigenvalue weighted by Crippen LogP contribution is 2.39. The number of nitriles is 1. The maximum atomic E-state index is 13.4. The zero-order chi connectivity index (χ0) is 22.2. The summed E-state index contributed by atoms with van der Waals surface area (Å²) in [5.74, 6) is -1.58. The van der Waals surface area contributed by atoms with E-state index in [1.807, 2.05) is 0 Å². The van der Waals surface area contributed by atoms with E-state index in [1.165, 1.54) is 12.1 Å². The number of benzene rings is 1. The molecule has 0 radical (unpaired) electrons. The molecule has 1 amide bonds. The van der Waals surface area contributed by atoms with Crippen LogP contribution in [0.4, 0.5) is 0 Å². The first-order chi connectivity index (χ1) is 14.8. The van der Waals surface area contributed by atoms with E-state index in [0.29, 0.717) is 24.8 Å². The predicted molar refractivity (Wildman–Crippen MR) is 112 cm³/mol. The topological polar surface area (TPSA) is 122 Å². The van der Waals surface area contributed by atoms with Crippen LogP contribution in [0.5, 0.6) is 0 Å². The van der Waals surface area contributed by atoms with Crippen LogP contribution in [0.15, 0.2) is 41.6 Å². The Hall–Kier alpha value is -2.70. The smallest absolute Gasteiger partial charge is 0.224 e. The van der Waals surface area contributed by atoms with Crippen molar-refractivity contribution < 1.29 is 18.0 Å². The minimum Gasteiger partial charge on any atom is -0.338 e. The summed E-state index contributed by atoms with van der Waals surface area (Å²) < 4.78 is 28.3. The fourth-order valence-corrected chi connectivity index (χ4v) is 6.51. The van der Waals surface area contributed by atoms with E-state index in [0.717, 1.165) is 0 Å². The molecule has 4 rings (SSSR count). The molecule has 0 aliphatic heterocycles. The van der Waals surface area contributed by atoms with Crippen molar-refractivity contribution >= 4 is 33.6 Å². The zero-order valence-corrected chi connectivity index (χ0v) is 18.1. The van der Waals surface area contributed by atoms with E-state index in [4.69, 9.17) is 11.6 Å². The number of aldehydes is 1. The van der Waals surface area contributed by atoms with Crippen molar-refractivity contribution in [3.8, 4) is 11.8 Å². The number of sulfone groups is 1. The maximum Gasteiger partial charge on any atom is 0.224 e. The third kappa shape index (κ3) is 4.23. The van der Waals surface area contributed by atoms with Gasteiger partial charge in [-0.15, -0.1) is 0 Å². The molecular formula is C21H21ClN4O4S.